The summed E-state index contributed by atoms with van der Waals surface area (Å²) < 4.78 is 24.1. The van der Waals surface area contributed by atoms with Crippen molar-refractivity contribution in [3.8, 4) is 22.9 Å². The molecule has 6 nitrogen and oxygen atoms in total. The molecule has 0 radical (unpaired) electrons. The molecule has 0 saturated carbocycles. The summed E-state index contributed by atoms with van der Waals surface area (Å²) in [6, 6.07) is 24.9. The number of furan rings is 2. The fourth-order valence-corrected chi connectivity index (χ4v) is 6.13. The molecule has 4 aromatic carbocycles. The minimum Gasteiger partial charge on any atom is -0.456 e. The molecule has 8 aromatic rings. The van der Waals surface area contributed by atoms with E-state index in [1.54, 1.807) is 24.9 Å². The highest BCUT2D eigenvalue weighted by Crippen LogP contribution is 2.40. The molecule has 0 saturated heterocycles. The summed E-state index contributed by atoms with van der Waals surface area (Å²) in [6.07, 6.45) is 9.32. The Morgan fingerprint density at radius 1 is 0.659 bits per heavy atom. The number of benzene rings is 4. The molecule has 0 spiro atoms. The van der Waals surface area contributed by atoms with Crippen LogP contribution < -0.4 is 0 Å². The van der Waals surface area contributed by atoms with Crippen molar-refractivity contribution in [2.24, 2.45) is 0 Å². The third kappa shape index (κ3) is 3.94. The van der Waals surface area contributed by atoms with Crippen molar-refractivity contribution in [3.63, 3.8) is 0 Å². The van der Waals surface area contributed by atoms with Crippen LogP contribution in [0.5, 0.6) is 0 Å². The van der Waals surface area contributed by atoms with E-state index in [1.165, 1.54) is 5.56 Å². The molecule has 0 bridgehead atoms. The Kier molecular flexibility index (Phi) is 5.52. The van der Waals surface area contributed by atoms with Crippen molar-refractivity contribution in [2.45, 2.75) is 32.1 Å². The van der Waals surface area contributed by atoms with Crippen molar-refractivity contribution >= 4 is 43.9 Å². The highest BCUT2D eigenvalue weighted by Gasteiger charge is 2.21. The molecular formula is C35H26N2O4. The summed E-state index contributed by atoms with van der Waals surface area (Å²) in [6.45, 7) is 2.27. The number of para-hydroxylation sites is 2. The zero-order valence-electron chi connectivity index (χ0n) is 22.5. The summed E-state index contributed by atoms with van der Waals surface area (Å²) >= 11 is 0. The molecule has 41 heavy (non-hydrogen) atoms. The van der Waals surface area contributed by atoms with Gasteiger partial charge in [-0.15, -0.1) is 0 Å². The number of hydrogen-bond acceptors (Lipinski definition) is 6. The number of fused-ring (bicyclic) bond motifs is 6. The van der Waals surface area contributed by atoms with Crippen LogP contribution >= 0.6 is 0 Å². The second kappa shape index (κ2) is 9.52. The molecular weight excluding hydrogens is 512 g/mol. The van der Waals surface area contributed by atoms with Gasteiger partial charge in [0.15, 0.2) is 0 Å². The van der Waals surface area contributed by atoms with Gasteiger partial charge >= 0.3 is 0 Å². The quantitative estimate of drug-likeness (QED) is 0.201. The predicted molar refractivity (Wildman–Crippen MR) is 160 cm³/mol. The van der Waals surface area contributed by atoms with Gasteiger partial charge in [-0.3, -0.25) is 0 Å². The van der Waals surface area contributed by atoms with Gasteiger partial charge in [-0.1, -0.05) is 43.3 Å². The normalized spacial score (nSPS) is 12.7. The van der Waals surface area contributed by atoms with E-state index in [2.05, 4.69) is 53.3 Å². The van der Waals surface area contributed by atoms with Crippen molar-refractivity contribution < 1.29 is 17.7 Å². The maximum Gasteiger partial charge on any atom is 0.226 e. The molecule has 0 fully saturated rings. The Balaban J connectivity index is 1.16. The second-order valence-electron chi connectivity index (χ2n) is 10.6. The molecule has 200 valence electrons. The van der Waals surface area contributed by atoms with Crippen molar-refractivity contribution in [2.75, 3.05) is 0 Å². The molecule has 8 rings (SSSR count). The molecule has 0 amide bonds. The smallest absolute Gasteiger partial charge is 0.226 e. The van der Waals surface area contributed by atoms with Crippen LogP contribution in [0.15, 0.2) is 115 Å². The minimum absolute atomic E-state index is 0.245. The summed E-state index contributed by atoms with van der Waals surface area (Å²) in [5, 5.41) is 4.45. The topological polar surface area (TPSA) is 78.3 Å². The van der Waals surface area contributed by atoms with Gasteiger partial charge in [0.1, 0.15) is 34.9 Å². The first-order valence-electron chi connectivity index (χ1n) is 13.9. The fraction of sp³-hybridized carbons (Fsp3) is 0.143. The Hall–Kier alpha value is -5.10. The summed E-state index contributed by atoms with van der Waals surface area (Å²) in [5.41, 5.74) is 7.76. The van der Waals surface area contributed by atoms with Gasteiger partial charge < -0.3 is 17.7 Å². The summed E-state index contributed by atoms with van der Waals surface area (Å²) in [7, 11) is 0. The maximum atomic E-state index is 6.41. The average Bonchev–Trinajstić information content (AvgIpc) is 3.82. The third-order valence-electron chi connectivity index (χ3n) is 8.12. The largest absolute Gasteiger partial charge is 0.456 e. The lowest BCUT2D eigenvalue weighted by atomic mass is 9.88. The Morgan fingerprint density at radius 2 is 1.34 bits per heavy atom. The number of aromatic nitrogens is 2. The van der Waals surface area contributed by atoms with Gasteiger partial charge in [-0.25, -0.2) is 9.97 Å². The van der Waals surface area contributed by atoms with Crippen LogP contribution in [0.25, 0.3) is 66.8 Å². The van der Waals surface area contributed by atoms with Crippen LogP contribution in [0.4, 0.5) is 0 Å². The maximum absolute atomic E-state index is 6.41. The summed E-state index contributed by atoms with van der Waals surface area (Å²) in [5.74, 6) is 1.46. The fourth-order valence-electron chi connectivity index (χ4n) is 6.13. The molecule has 0 aliphatic carbocycles. The first kappa shape index (κ1) is 23.8. The Morgan fingerprint density at radius 3 is 2.07 bits per heavy atom. The van der Waals surface area contributed by atoms with Crippen LogP contribution in [0.2, 0.25) is 0 Å². The van der Waals surface area contributed by atoms with Gasteiger partial charge in [0, 0.05) is 38.2 Å². The first-order valence-corrected chi connectivity index (χ1v) is 13.9. The molecule has 0 N–H and O–H groups in total. The SMILES string of the molecule is CC(CCCc1c(-c2ncco2)ccc2c1oc1ccccc12)c1cc2c(cc1-c1ncco1)oc1ccccc12. The molecule has 4 heterocycles. The van der Waals surface area contributed by atoms with E-state index < -0.39 is 0 Å². The Labute approximate surface area is 235 Å². The van der Waals surface area contributed by atoms with Crippen LogP contribution in [0.3, 0.4) is 0 Å². The number of rotatable bonds is 7. The van der Waals surface area contributed by atoms with E-state index in [0.29, 0.717) is 11.8 Å². The summed E-state index contributed by atoms with van der Waals surface area (Å²) in [4.78, 5) is 8.93. The highest BCUT2D eigenvalue weighted by atomic mass is 16.3. The molecule has 4 aromatic heterocycles. The van der Waals surface area contributed by atoms with Gasteiger partial charge in [0.2, 0.25) is 11.8 Å². The van der Waals surface area contributed by atoms with E-state index in [9.17, 15) is 0 Å². The van der Waals surface area contributed by atoms with Gasteiger partial charge in [-0.2, -0.15) is 0 Å². The zero-order chi connectivity index (χ0) is 27.3. The number of hydrogen-bond donors (Lipinski definition) is 0. The molecule has 6 heteroatoms. The van der Waals surface area contributed by atoms with Crippen molar-refractivity contribution in [1.82, 2.24) is 9.97 Å². The van der Waals surface area contributed by atoms with Crippen molar-refractivity contribution in [3.05, 3.63) is 109 Å². The molecule has 1 unspecified atom stereocenters. The van der Waals surface area contributed by atoms with E-state index in [0.717, 1.165) is 79.8 Å². The minimum atomic E-state index is 0.245. The Bertz CT molecular complexity index is 2150. The van der Waals surface area contributed by atoms with Gasteiger partial charge in [0.25, 0.3) is 0 Å². The standard InChI is InChI=1S/C35H26N2O4/c1-21(27-19-28-23-9-3-4-11-30(23)40-32(28)20-29(27)35-37-16-18-39-35)7-6-10-24-26(34-36-15-17-38-34)14-13-25-22-8-2-5-12-31(22)41-33(24)25/h2-5,8-9,11-21H,6-7,10H2,1H3. The average molecular weight is 539 g/mol. The van der Waals surface area contributed by atoms with Crippen LogP contribution in [-0.2, 0) is 6.42 Å². The van der Waals surface area contributed by atoms with Gasteiger partial charge in [0.05, 0.1) is 12.4 Å². The van der Waals surface area contributed by atoms with E-state index in [-0.39, 0.29) is 5.92 Å². The number of aryl methyl sites for hydroxylation is 1. The highest BCUT2D eigenvalue weighted by molar-refractivity contribution is 6.07. The van der Waals surface area contributed by atoms with E-state index >= 15 is 0 Å². The predicted octanol–water partition coefficient (Wildman–Crippen LogP) is 9.92. The van der Waals surface area contributed by atoms with Crippen LogP contribution in [0, 0.1) is 0 Å². The zero-order valence-corrected chi connectivity index (χ0v) is 22.5. The lowest BCUT2D eigenvalue weighted by Gasteiger charge is -2.16. The molecule has 1 atom stereocenters. The lowest BCUT2D eigenvalue weighted by molar-refractivity contribution is 0.568. The number of oxazole rings is 2. The van der Waals surface area contributed by atoms with Crippen LogP contribution in [0.1, 0.15) is 36.8 Å². The van der Waals surface area contributed by atoms with Crippen LogP contribution in [-0.4, -0.2) is 9.97 Å². The molecule has 0 aliphatic rings. The number of nitrogens with zero attached hydrogens (tertiary/aromatic N) is 2. The first-order chi connectivity index (χ1) is 20.2. The van der Waals surface area contributed by atoms with E-state index in [1.807, 2.05) is 36.4 Å². The van der Waals surface area contributed by atoms with Gasteiger partial charge in [-0.05, 0) is 67.1 Å². The third-order valence-corrected chi connectivity index (χ3v) is 8.12. The lowest BCUT2D eigenvalue weighted by Crippen LogP contribution is -2.00. The molecule has 0 aliphatic heterocycles. The monoisotopic (exact) mass is 538 g/mol. The van der Waals surface area contributed by atoms with Crippen molar-refractivity contribution in [1.29, 1.82) is 0 Å². The van der Waals surface area contributed by atoms with E-state index in [4.69, 9.17) is 17.7 Å². The second-order valence-corrected chi connectivity index (χ2v) is 10.6.